The van der Waals surface area contributed by atoms with Crippen LogP contribution >= 0.6 is 0 Å². The number of nitrogens with one attached hydrogen (secondary N) is 2. The normalized spacial score (nSPS) is 14.5. The summed E-state index contributed by atoms with van der Waals surface area (Å²) in [7, 11) is 6.61. The zero-order valence-electron chi connectivity index (χ0n) is 13.7. The van der Waals surface area contributed by atoms with E-state index in [1.165, 1.54) is 12.8 Å². The number of nitrogens with zero attached hydrogens (tertiary/aromatic N) is 1. The van der Waals surface area contributed by atoms with Gasteiger partial charge < -0.3 is 24.8 Å². The molecule has 0 bridgehead atoms. The van der Waals surface area contributed by atoms with Crippen LogP contribution in [0.5, 0.6) is 17.2 Å². The minimum absolute atomic E-state index is 0.602. The zero-order chi connectivity index (χ0) is 15.9. The van der Waals surface area contributed by atoms with Crippen molar-refractivity contribution in [2.75, 3.05) is 34.9 Å². The van der Waals surface area contributed by atoms with Crippen molar-refractivity contribution in [3.8, 4) is 17.2 Å². The van der Waals surface area contributed by atoms with Crippen LogP contribution in [-0.2, 0) is 6.54 Å². The molecular formula is C16H25N3O3. The fourth-order valence-electron chi connectivity index (χ4n) is 2.21. The van der Waals surface area contributed by atoms with Crippen molar-refractivity contribution in [3.63, 3.8) is 0 Å². The van der Waals surface area contributed by atoms with Gasteiger partial charge in [0.2, 0.25) is 5.75 Å². The monoisotopic (exact) mass is 307 g/mol. The Morgan fingerprint density at radius 2 is 1.73 bits per heavy atom. The maximum absolute atomic E-state index is 5.36. The summed E-state index contributed by atoms with van der Waals surface area (Å²) in [6, 6.07) is 3.87. The van der Waals surface area contributed by atoms with Crippen LogP contribution in [0.4, 0.5) is 0 Å². The average Bonchev–Trinajstić information content (AvgIpc) is 3.38. The highest BCUT2D eigenvalue weighted by molar-refractivity contribution is 5.79. The third-order valence-electron chi connectivity index (χ3n) is 3.66. The molecule has 6 heteroatoms. The lowest BCUT2D eigenvalue weighted by molar-refractivity contribution is 0.323. The van der Waals surface area contributed by atoms with Crippen molar-refractivity contribution in [3.05, 3.63) is 17.7 Å². The predicted molar refractivity (Wildman–Crippen MR) is 87.0 cm³/mol. The molecule has 6 nitrogen and oxygen atoms in total. The van der Waals surface area contributed by atoms with Crippen molar-refractivity contribution in [2.45, 2.75) is 19.4 Å². The Labute approximate surface area is 131 Å². The topological polar surface area (TPSA) is 64.1 Å². The van der Waals surface area contributed by atoms with E-state index < -0.39 is 0 Å². The van der Waals surface area contributed by atoms with E-state index in [1.807, 2.05) is 12.1 Å². The van der Waals surface area contributed by atoms with E-state index in [1.54, 1.807) is 28.4 Å². The van der Waals surface area contributed by atoms with Gasteiger partial charge in [-0.05, 0) is 36.5 Å². The minimum atomic E-state index is 0.602. The van der Waals surface area contributed by atoms with Crippen molar-refractivity contribution >= 4 is 5.96 Å². The van der Waals surface area contributed by atoms with Crippen LogP contribution in [-0.4, -0.2) is 40.9 Å². The van der Waals surface area contributed by atoms with E-state index in [-0.39, 0.29) is 0 Å². The van der Waals surface area contributed by atoms with E-state index in [9.17, 15) is 0 Å². The van der Waals surface area contributed by atoms with Gasteiger partial charge in [-0.1, -0.05) is 0 Å². The number of hydrogen-bond acceptors (Lipinski definition) is 4. The molecule has 0 amide bonds. The second-order valence-electron chi connectivity index (χ2n) is 5.28. The van der Waals surface area contributed by atoms with Gasteiger partial charge >= 0.3 is 0 Å². The average molecular weight is 307 g/mol. The lowest BCUT2D eigenvalue weighted by Crippen LogP contribution is -2.37. The smallest absolute Gasteiger partial charge is 0.203 e. The van der Waals surface area contributed by atoms with Gasteiger partial charge in [0.1, 0.15) is 0 Å². The van der Waals surface area contributed by atoms with Crippen molar-refractivity contribution < 1.29 is 14.2 Å². The molecule has 1 aliphatic carbocycles. The highest BCUT2D eigenvalue weighted by Gasteiger charge is 2.21. The molecule has 0 unspecified atom stereocenters. The number of benzene rings is 1. The van der Waals surface area contributed by atoms with E-state index >= 15 is 0 Å². The molecular weight excluding hydrogens is 282 g/mol. The van der Waals surface area contributed by atoms with Gasteiger partial charge in [-0.3, -0.25) is 4.99 Å². The Morgan fingerprint density at radius 1 is 1.09 bits per heavy atom. The summed E-state index contributed by atoms with van der Waals surface area (Å²) in [6.45, 7) is 1.61. The largest absolute Gasteiger partial charge is 0.493 e. The third kappa shape index (κ3) is 4.19. The Bertz CT molecular complexity index is 502. The summed E-state index contributed by atoms with van der Waals surface area (Å²) in [5.41, 5.74) is 1.03. The number of methoxy groups -OCH3 is 3. The van der Waals surface area contributed by atoms with Gasteiger partial charge in [-0.15, -0.1) is 0 Å². The number of hydrogen-bond donors (Lipinski definition) is 2. The zero-order valence-corrected chi connectivity index (χ0v) is 13.7. The first-order chi connectivity index (χ1) is 10.7. The first-order valence-electron chi connectivity index (χ1n) is 7.45. The fraction of sp³-hybridized carbons (Fsp3) is 0.562. The Kier molecular flexibility index (Phi) is 5.75. The maximum atomic E-state index is 5.36. The third-order valence-corrected chi connectivity index (χ3v) is 3.66. The molecule has 22 heavy (non-hydrogen) atoms. The molecule has 0 aliphatic heterocycles. The molecule has 0 spiro atoms. The van der Waals surface area contributed by atoms with E-state index in [4.69, 9.17) is 14.2 Å². The molecule has 0 radical (unpaired) electrons. The molecule has 2 rings (SSSR count). The van der Waals surface area contributed by atoms with Gasteiger partial charge in [-0.25, -0.2) is 0 Å². The van der Waals surface area contributed by atoms with Crippen molar-refractivity contribution in [1.29, 1.82) is 0 Å². The van der Waals surface area contributed by atoms with Crippen LogP contribution < -0.4 is 24.8 Å². The van der Waals surface area contributed by atoms with Gasteiger partial charge in [0.15, 0.2) is 17.5 Å². The van der Waals surface area contributed by atoms with E-state index in [0.29, 0.717) is 23.8 Å². The lowest BCUT2D eigenvalue weighted by Gasteiger charge is -2.15. The van der Waals surface area contributed by atoms with Crippen LogP contribution in [0, 0.1) is 5.92 Å². The molecule has 0 saturated heterocycles. The van der Waals surface area contributed by atoms with Crippen molar-refractivity contribution in [1.82, 2.24) is 10.6 Å². The summed E-state index contributed by atoms with van der Waals surface area (Å²) in [4.78, 5) is 4.23. The van der Waals surface area contributed by atoms with Gasteiger partial charge in [0, 0.05) is 20.1 Å². The molecule has 122 valence electrons. The quantitative estimate of drug-likeness (QED) is 0.594. The minimum Gasteiger partial charge on any atom is -0.493 e. The molecule has 2 N–H and O–H groups in total. The second-order valence-corrected chi connectivity index (χ2v) is 5.28. The molecule has 0 aromatic heterocycles. The maximum Gasteiger partial charge on any atom is 0.203 e. The summed E-state index contributed by atoms with van der Waals surface area (Å²) in [6.07, 6.45) is 2.63. The highest BCUT2D eigenvalue weighted by atomic mass is 16.5. The molecule has 0 heterocycles. The van der Waals surface area contributed by atoms with Gasteiger partial charge in [0.05, 0.1) is 21.3 Å². The fourth-order valence-corrected chi connectivity index (χ4v) is 2.21. The predicted octanol–water partition coefficient (Wildman–Crippen LogP) is 1.79. The molecule has 1 saturated carbocycles. The summed E-state index contributed by atoms with van der Waals surface area (Å²) in [5, 5.41) is 6.63. The number of guanidine groups is 1. The van der Waals surface area contributed by atoms with E-state index in [2.05, 4.69) is 15.6 Å². The first kappa shape index (κ1) is 16.3. The van der Waals surface area contributed by atoms with E-state index in [0.717, 1.165) is 24.0 Å². The standard InChI is InChI=1S/C16H25N3O3/c1-17-16(18-9-11-5-6-11)19-10-12-7-13(20-2)15(22-4)14(8-12)21-3/h7-8,11H,5-6,9-10H2,1-4H3,(H2,17,18,19). The molecule has 0 atom stereocenters. The Morgan fingerprint density at radius 3 is 2.18 bits per heavy atom. The molecule has 1 fully saturated rings. The van der Waals surface area contributed by atoms with Crippen LogP contribution in [0.3, 0.4) is 0 Å². The summed E-state index contributed by atoms with van der Waals surface area (Å²) in [5.74, 6) is 3.52. The Hall–Kier alpha value is -2.11. The Balaban J connectivity index is 2.01. The second kappa shape index (κ2) is 7.77. The first-order valence-corrected chi connectivity index (χ1v) is 7.45. The molecule has 1 aromatic rings. The van der Waals surface area contributed by atoms with Crippen LogP contribution in [0.15, 0.2) is 17.1 Å². The lowest BCUT2D eigenvalue weighted by atomic mass is 10.2. The van der Waals surface area contributed by atoms with Gasteiger partial charge in [0.25, 0.3) is 0 Å². The van der Waals surface area contributed by atoms with Crippen LogP contribution in [0.25, 0.3) is 0 Å². The summed E-state index contributed by atoms with van der Waals surface area (Å²) >= 11 is 0. The number of aliphatic imine (C=N–C) groups is 1. The highest BCUT2D eigenvalue weighted by Crippen LogP contribution is 2.38. The van der Waals surface area contributed by atoms with Gasteiger partial charge in [-0.2, -0.15) is 0 Å². The van der Waals surface area contributed by atoms with Crippen molar-refractivity contribution in [2.24, 2.45) is 10.9 Å². The molecule has 1 aliphatic rings. The SMILES string of the molecule is CN=C(NCc1cc(OC)c(OC)c(OC)c1)NCC1CC1. The number of rotatable bonds is 7. The van der Waals surface area contributed by atoms with Crippen LogP contribution in [0.1, 0.15) is 18.4 Å². The molecule has 1 aromatic carbocycles. The summed E-state index contributed by atoms with van der Waals surface area (Å²) < 4.78 is 16.0. The van der Waals surface area contributed by atoms with Crippen LogP contribution in [0.2, 0.25) is 0 Å². The number of ether oxygens (including phenoxy) is 3.